The van der Waals surface area contributed by atoms with Gasteiger partial charge in [0.1, 0.15) is 11.7 Å². The molecule has 1 aliphatic rings. The van der Waals surface area contributed by atoms with Crippen molar-refractivity contribution in [3.8, 4) is 0 Å². The number of benzene rings is 1. The number of fused-ring (bicyclic) bond motifs is 1. The van der Waals surface area contributed by atoms with E-state index in [-0.39, 0.29) is 17.1 Å². The first-order valence-corrected chi connectivity index (χ1v) is 6.64. The summed E-state index contributed by atoms with van der Waals surface area (Å²) < 4.78 is 14.2. The van der Waals surface area contributed by atoms with Gasteiger partial charge in [-0.1, -0.05) is 0 Å². The number of nitrogens with zero attached hydrogens (tertiary/aromatic N) is 3. The molecule has 0 radical (unpaired) electrons. The molecule has 1 aromatic carbocycles. The minimum absolute atomic E-state index is 0.152. The van der Waals surface area contributed by atoms with Gasteiger partial charge in [-0.15, -0.1) is 0 Å². The number of nitro groups is 1. The number of hydrogen-bond donors (Lipinski definition) is 1. The van der Waals surface area contributed by atoms with Crippen LogP contribution in [0.1, 0.15) is 23.6 Å². The smallest absolute Gasteiger partial charge is 0.270 e. The van der Waals surface area contributed by atoms with Gasteiger partial charge in [0.05, 0.1) is 10.5 Å². The van der Waals surface area contributed by atoms with Gasteiger partial charge in [0, 0.05) is 42.1 Å². The van der Waals surface area contributed by atoms with Gasteiger partial charge < -0.3 is 5.73 Å². The number of halogens is 1. The first kappa shape index (κ1) is 14.1. The van der Waals surface area contributed by atoms with E-state index in [0.29, 0.717) is 6.42 Å². The second-order valence-corrected chi connectivity index (χ2v) is 5.40. The largest absolute Gasteiger partial charge is 0.383 e. The first-order valence-electron chi connectivity index (χ1n) is 6.64. The van der Waals surface area contributed by atoms with Crippen LogP contribution < -0.4 is 5.73 Å². The van der Waals surface area contributed by atoms with Crippen LogP contribution in [0.4, 0.5) is 10.1 Å². The Morgan fingerprint density at radius 2 is 2.18 bits per heavy atom. The minimum atomic E-state index is -1.00. The fourth-order valence-electron chi connectivity index (χ4n) is 2.75. The fraction of sp³-hybridized carbons (Fsp3) is 0.200. The highest BCUT2D eigenvalue weighted by molar-refractivity contribution is 6.00. The molecule has 1 aliphatic heterocycles. The van der Waals surface area contributed by atoms with Crippen molar-refractivity contribution >= 4 is 11.5 Å². The third kappa shape index (κ3) is 2.20. The van der Waals surface area contributed by atoms with Crippen molar-refractivity contribution in [1.29, 1.82) is 0 Å². The van der Waals surface area contributed by atoms with Crippen molar-refractivity contribution in [3.05, 3.63) is 69.3 Å². The number of hydrogen-bond acceptors (Lipinski definition) is 5. The quantitative estimate of drug-likeness (QED) is 0.680. The number of pyridine rings is 1. The predicted molar refractivity (Wildman–Crippen MR) is 79.1 cm³/mol. The van der Waals surface area contributed by atoms with Gasteiger partial charge in [0.25, 0.3) is 5.69 Å². The van der Waals surface area contributed by atoms with E-state index in [1.54, 1.807) is 25.4 Å². The third-order valence-electron chi connectivity index (χ3n) is 3.82. The molecule has 1 atom stereocenters. The van der Waals surface area contributed by atoms with E-state index in [9.17, 15) is 14.5 Å². The normalized spacial score (nSPS) is 20.2. The van der Waals surface area contributed by atoms with Crippen molar-refractivity contribution < 1.29 is 9.31 Å². The lowest BCUT2D eigenvalue weighted by Crippen LogP contribution is -2.34. The van der Waals surface area contributed by atoms with E-state index in [0.717, 1.165) is 23.3 Å². The summed E-state index contributed by atoms with van der Waals surface area (Å²) in [6.07, 6.45) is 3.64. The van der Waals surface area contributed by atoms with E-state index in [2.05, 4.69) is 9.98 Å². The van der Waals surface area contributed by atoms with Crippen LogP contribution in [0.5, 0.6) is 0 Å². The molecule has 2 N–H and O–H groups in total. The molecule has 0 saturated heterocycles. The lowest BCUT2D eigenvalue weighted by molar-refractivity contribution is -0.385. The van der Waals surface area contributed by atoms with Gasteiger partial charge in [-0.05, 0) is 24.6 Å². The zero-order chi connectivity index (χ0) is 15.9. The standard InChI is InChI=1S/C15H13FN4O2/c1-15(12-6-10(20(21)22)2-3-13(12)16)7-9-8-18-5-4-11(9)14(17)19-15/h2-6,8H,7H2,1H3,(H2,17,19). The number of aromatic nitrogens is 1. The SMILES string of the molecule is CC1(c2cc([N+](=O)[O-])ccc2F)Cc2cnccc2C(N)=N1. The summed E-state index contributed by atoms with van der Waals surface area (Å²) in [6, 6.07) is 5.18. The molecule has 0 bridgehead atoms. The first-order chi connectivity index (χ1) is 10.4. The number of nitro benzene ring substituents is 1. The van der Waals surface area contributed by atoms with Crippen LogP contribution in [0, 0.1) is 15.9 Å². The maximum absolute atomic E-state index is 14.2. The maximum Gasteiger partial charge on any atom is 0.270 e. The Morgan fingerprint density at radius 3 is 2.91 bits per heavy atom. The zero-order valence-corrected chi connectivity index (χ0v) is 11.8. The molecule has 7 heteroatoms. The van der Waals surface area contributed by atoms with Crippen molar-refractivity contribution in [2.24, 2.45) is 10.7 Å². The highest BCUT2D eigenvalue weighted by Gasteiger charge is 2.35. The third-order valence-corrected chi connectivity index (χ3v) is 3.82. The van der Waals surface area contributed by atoms with Crippen LogP contribution in [-0.2, 0) is 12.0 Å². The molecule has 3 rings (SSSR count). The van der Waals surface area contributed by atoms with Crippen LogP contribution in [0.2, 0.25) is 0 Å². The Kier molecular flexibility index (Phi) is 3.13. The molecule has 0 saturated carbocycles. The van der Waals surface area contributed by atoms with Gasteiger partial charge in [-0.2, -0.15) is 0 Å². The summed E-state index contributed by atoms with van der Waals surface area (Å²) in [5.74, 6) is -0.269. The van der Waals surface area contributed by atoms with Crippen molar-refractivity contribution in [3.63, 3.8) is 0 Å². The molecule has 0 spiro atoms. The van der Waals surface area contributed by atoms with Crippen LogP contribution in [-0.4, -0.2) is 15.7 Å². The van der Waals surface area contributed by atoms with Crippen LogP contribution in [0.3, 0.4) is 0 Å². The molecule has 112 valence electrons. The Hall–Kier alpha value is -2.83. The molecular formula is C15H13FN4O2. The molecule has 1 unspecified atom stereocenters. The highest BCUT2D eigenvalue weighted by atomic mass is 19.1. The molecule has 2 heterocycles. The molecular weight excluding hydrogens is 287 g/mol. The van der Waals surface area contributed by atoms with Crippen molar-refractivity contribution in [2.75, 3.05) is 0 Å². The molecule has 0 fully saturated rings. The summed E-state index contributed by atoms with van der Waals surface area (Å²) >= 11 is 0. The van der Waals surface area contributed by atoms with E-state index in [1.165, 1.54) is 6.07 Å². The number of nitrogens with two attached hydrogens (primary N) is 1. The lowest BCUT2D eigenvalue weighted by atomic mass is 9.82. The van der Waals surface area contributed by atoms with Gasteiger partial charge in [0.15, 0.2) is 0 Å². The molecule has 6 nitrogen and oxygen atoms in total. The van der Waals surface area contributed by atoms with Gasteiger partial charge in [-0.25, -0.2) is 4.39 Å². The summed E-state index contributed by atoms with van der Waals surface area (Å²) in [4.78, 5) is 18.8. The van der Waals surface area contributed by atoms with Crippen LogP contribution in [0.25, 0.3) is 0 Å². The number of non-ortho nitro benzene ring substituents is 1. The summed E-state index contributed by atoms with van der Waals surface area (Å²) in [7, 11) is 0. The predicted octanol–water partition coefficient (Wildman–Crippen LogP) is 2.31. The summed E-state index contributed by atoms with van der Waals surface area (Å²) in [5, 5.41) is 10.9. The van der Waals surface area contributed by atoms with E-state index < -0.39 is 16.3 Å². The van der Waals surface area contributed by atoms with Crippen LogP contribution >= 0.6 is 0 Å². The van der Waals surface area contributed by atoms with E-state index in [1.807, 2.05) is 0 Å². The molecule has 0 aliphatic carbocycles. The molecule has 1 aromatic heterocycles. The Balaban J connectivity index is 2.15. The molecule has 0 amide bonds. The summed E-state index contributed by atoms with van der Waals surface area (Å²) in [6.45, 7) is 1.71. The minimum Gasteiger partial charge on any atom is -0.383 e. The van der Waals surface area contributed by atoms with Crippen molar-refractivity contribution in [1.82, 2.24) is 4.98 Å². The average Bonchev–Trinajstić information content (AvgIpc) is 2.47. The monoisotopic (exact) mass is 300 g/mol. The Morgan fingerprint density at radius 1 is 1.41 bits per heavy atom. The highest BCUT2D eigenvalue weighted by Crippen LogP contribution is 2.37. The van der Waals surface area contributed by atoms with E-state index >= 15 is 0 Å². The average molecular weight is 300 g/mol. The number of aliphatic imine (C=N–C) groups is 1. The topological polar surface area (TPSA) is 94.4 Å². The zero-order valence-electron chi connectivity index (χ0n) is 11.8. The fourth-order valence-corrected chi connectivity index (χ4v) is 2.75. The molecule has 2 aromatic rings. The van der Waals surface area contributed by atoms with Gasteiger partial charge in [0.2, 0.25) is 0 Å². The van der Waals surface area contributed by atoms with Gasteiger partial charge in [-0.3, -0.25) is 20.1 Å². The summed E-state index contributed by atoms with van der Waals surface area (Å²) in [5.41, 5.74) is 6.54. The Bertz CT molecular complexity index is 806. The second kappa shape index (κ2) is 4.87. The second-order valence-electron chi connectivity index (χ2n) is 5.40. The maximum atomic E-state index is 14.2. The van der Waals surface area contributed by atoms with E-state index in [4.69, 9.17) is 5.73 Å². The number of rotatable bonds is 2. The number of amidine groups is 1. The van der Waals surface area contributed by atoms with Crippen molar-refractivity contribution in [2.45, 2.75) is 18.9 Å². The Labute approximate surface area is 125 Å². The lowest BCUT2D eigenvalue weighted by Gasteiger charge is -2.31. The van der Waals surface area contributed by atoms with Crippen LogP contribution in [0.15, 0.2) is 41.7 Å². The molecule has 22 heavy (non-hydrogen) atoms. The van der Waals surface area contributed by atoms with Gasteiger partial charge >= 0.3 is 0 Å².